The van der Waals surface area contributed by atoms with Gasteiger partial charge in [0.05, 0.1) is 5.56 Å². The van der Waals surface area contributed by atoms with Gasteiger partial charge >= 0.3 is 0 Å². The number of piperazine rings is 1. The molecule has 1 atom stereocenters. The molecule has 1 unspecified atom stereocenters. The van der Waals surface area contributed by atoms with E-state index in [1.165, 1.54) is 17.7 Å². The molecule has 3 N–H and O–H groups in total. The molecule has 1 aliphatic heterocycles. The fraction of sp³-hybridized carbons (Fsp3) is 0.625. The zero-order chi connectivity index (χ0) is 15.0. The molecule has 1 aliphatic carbocycles. The lowest BCUT2D eigenvalue weighted by atomic mass is 10.1. The Morgan fingerprint density at radius 3 is 2.95 bits per heavy atom. The zero-order valence-corrected chi connectivity index (χ0v) is 13.0. The average molecular weight is 287 g/mol. The monoisotopic (exact) mass is 287 g/mol. The number of aryl methyl sites for hydroxylation is 2. The minimum atomic E-state index is 0.138. The van der Waals surface area contributed by atoms with Crippen LogP contribution in [0.2, 0.25) is 0 Å². The number of hydrogen-bond acceptors (Lipinski definition) is 4. The van der Waals surface area contributed by atoms with E-state index in [-0.39, 0.29) is 5.84 Å². The van der Waals surface area contributed by atoms with E-state index in [4.69, 9.17) is 16.1 Å². The molecule has 1 aromatic rings. The molecular formula is C16H25N5. The zero-order valence-electron chi connectivity index (χ0n) is 13.0. The highest BCUT2D eigenvalue weighted by molar-refractivity contribution is 6.00. The summed E-state index contributed by atoms with van der Waals surface area (Å²) in [7, 11) is 2.19. The van der Waals surface area contributed by atoms with Gasteiger partial charge in [-0.2, -0.15) is 0 Å². The van der Waals surface area contributed by atoms with Gasteiger partial charge in [-0.05, 0) is 44.4 Å². The van der Waals surface area contributed by atoms with E-state index in [0.29, 0.717) is 6.04 Å². The van der Waals surface area contributed by atoms with Crippen molar-refractivity contribution in [1.82, 2.24) is 9.88 Å². The summed E-state index contributed by atoms with van der Waals surface area (Å²) in [6.45, 7) is 5.19. The molecular weight excluding hydrogens is 262 g/mol. The van der Waals surface area contributed by atoms with Gasteiger partial charge in [-0.15, -0.1) is 0 Å². The van der Waals surface area contributed by atoms with Crippen LogP contribution in [0.4, 0.5) is 5.82 Å². The summed E-state index contributed by atoms with van der Waals surface area (Å²) in [5, 5.41) is 7.89. The number of amidine groups is 1. The van der Waals surface area contributed by atoms with Gasteiger partial charge in [-0.25, -0.2) is 4.98 Å². The molecule has 0 aromatic carbocycles. The fourth-order valence-corrected chi connectivity index (χ4v) is 3.48. The van der Waals surface area contributed by atoms with Crippen molar-refractivity contribution < 1.29 is 0 Å². The molecule has 1 aromatic heterocycles. The first-order valence-corrected chi connectivity index (χ1v) is 7.92. The molecule has 3 rings (SSSR count). The van der Waals surface area contributed by atoms with Gasteiger partial charge < -0.3 is 10.6 Å². The molecule has 0 saturated carbocycles. The first-order chi connectivity index (χ1) is 10.1. The molecule has 21 heavy (non-hydrogen) atoms. The van der Waals surface area contributed by atoms with Crippen LogP contribution in [0.5, 0.6) is 0 Å². The molecule has 5 heteroatoms. The smallest absolute Gasteiger partial charge is 0.139 e. The highest BCUT2D eigenvalue weighted by Crippen LogP contribution is 2.28. The number of nitrogens with zero attached hydrogens (tertiary/aromatic N) is 3. The van der Waals surface area contributed by atoms with Gasteiger partial charge in [-0.3, -0.25) is 10.3 Å². The van der Waals surface area contributed by atoms with Crippen LogP contribution in [0.25, 0.3) is 0 Å². The largest absolute Gasteiger partial charge is 0.384 e. The summed E-state index contributed by atoms with van der Waals surface area (Å²) >= 11 is 0. The Morgan fingerprint density at radius 1 is 1.43 bits per heavy atom. The van der Waals surface area contributed by atoms with E-state index in [9.17, 15) is 0 Å². The summed E-state index contributed by atoms with van der Waals surface area (Å²) in [6.07, 6.45) is 4.44. The second kappa shape index (κ2) is 5.64. The highest BCUT2D eigenvalue weighted by Gasteiger charge is 2.27. The maximum atomic E-state index is 7.89. The van der Waals surface area contributed by atoms with E-state index in [1.807, 2.05) is 0 Å². The van der Waals surface area contributed by atoms with E-state index in [0.717, 1.165) is 50.3 Å². The maximum absolute atomic E-state index is 7.89. The predicted octanol–water partition coefficient (Wildman–Crippen LogP) is 1.38. The number of rotatable bonds is 3. The lowest BCUT2D eigenvalue weighted by molar-refractivity contribution is 0.213. The highest BCUT2D eigenvalue weighted by atomic mass is 15.3. The van der Waals surface area contributed by atoms with E-state index in [1.54, 1.807) is 0 Å². The van der Waals surface area contributed by atoms with Crippen LogP contribution in [0, 0.1) is 5.41 Å². The Bertz CT molecular complexity index is 554. The first kappa shape index (κ1) is 14.3. The molecule has 0 spiro atoms. The van der Waals surface area contributed by atoms with Crippen molar-refractivity contribution in [3.05, 3.63) is 22.9 Å². The Kier molecular flexibility index (Phi) is 3.85. The van der Waals surface area contributed by atoms with Crippen molar-refractivity contribution >= 4 is 11.7 Å². The lowest BCUT2D eigenvalue weighted by Gasteiger charge is -2.40. The molecule has 5 nitrogen and oxygen atoms in total. The number of fused-ring (bicyclic) bond motifs is 1. The topological polar surface area (TPSA) is 69.2 Å². The maximum Gasteiger partial charge on any atom is 0.139 e. The van der Waals surface area contributed by atoms with E-state index < -0.39 is 0 Å². The Hall–Kier alpha value is -1.62. The van der Waals surface area contributed by atoms with Crippen molar-refractivity contribution in [3.8, 4) is 0 Å². The van der Waals surface area contributed by atoms with Crippen LogP contribution in [0.3, 0.4) is 0 Å². The molecule has 1 saturated heterocycles. The van der Waals surface area contributed by atoms with Crippen molar-refractivity contribution in [2.45, 2.75) is 38.6 Å². The average Bonchev–Trinajstić information content (AvgIpc) is 2.93. The molecule has 0 amide bonds. The van der Waals surface area contributed by atoms with Gasteiger partial charge in [0, 0.05) is 31.4 Å². The van der Waals surface area contributed by atoms with Gasteiger partial charge in [0.1, 0.15) is 11.7 Å². The van der Waals surface area contributed by atoms with Crippen molar-refractivity contribution in [1.29, 1.82) is 5.41 Å². The molecule has 0 bridgehead atoms. The molecule has 0 radical (unpaired) electrons. The minimum absolute atomic E-state index is 0.138. The van der Waals surface area contributed by atoms with Gasteiger partial charge in [-0.1, -0.05) is 6.92 Å². The number of hydrogen-bond donors (Lipinski definition) is 2. The Balaban J connectivity index is 1.95. The van der Waals surface area contributed by atoms with Gasteiger partial charge in [0.2, 0.25) is 0 Å². The summed E-state index contributed by atoms with van der Waals surface area (Å²) in [5.41, 5.74) is 9.12. The first-order valence-electron chi connectivity index (χ1n) is 7.92. The summed E-state index contributed by atoms with van der Waals surface area (Å²) in [4.78, 5) is 9.62. The Morgan fingerprint density at radius 2 is 2.24 bits per heavy atom. The predicted molar refractivity (Wildman–Crippen MR) is 86.2 cm³/mol. The third-order valence-electron chi connectivity index (χ3n) is 4.87. The second-order valence-electron chi connectivity index (χ2n) is 6.22. The van der Waals surface area contributed by atoms with E-state index >= 15 is 0 Å². The lowest BCUT2D eigenvalue weighted by Crippen LogP contribution is -2.52. The molecule has 2 heterocycles. The summed E-state index contributed by atoms with van der Waals surface area (Å²) < 4.78 is 0. The molecule has 114 valence electrons. The number of likely N-dealkylation sites (N-methyl/N-ethyl adjacent to an activating group) is 1. The van der Waals surface area contributed by atoms with Gasteiger partial charge in [0.15, 0.2) is 0 Å². The minimum Gasteiger partial charge on any atom is -0.384 e. The molecule has 1 fully saturated rings. The number of anilines is 1. The van der Waals surface area contributed by atoms with Crippen LogP contribution >= 0.6 is 0 Å². The summed E-state index contributed by atoms with van der Waals surface area (Å²) in [5.74, 6) is 1.06. The van der Waals surface area contributed by atoms with Crippen LogP contribution in [-0.4, -0.2) is 48.4 Å². The van der Waals surface area contributed by atoms with Crippen molar-refractivity contribution in [2.24, 2.45) is 5.73 Å². The molecule has 2 aliphatic rings. The third kappa shape index (κ3) is 2.62. The number of nitrogens with two attached hydrogens (primary N) is 1. The normalized spacial score (nSPS) is 22.4. The van der Waals surface area contributed by atoms with Crippen molar-refractivity contribution in [2.75, 3.05) is 31.6 Å². The summed E-state index contributed by atoms with van der Waals surface area (Å²) in [6, 6.07) is 2.65. The third-order valence-corrected chi connectivity index (χ3v) is 4.87. The van der Waals surface area contributed by atoms with Crippen LogP contribution in [0.1, 0.15) is 36.6 Å². The van der Waals surface area contributed by atoms with Crippen LogP contribution in [-0.2, 0) is 12.8 Å². The fourth-order valence-electron chi connectivity index (χ4n) is 3.48. The number of pyridine rings is 1. The SMILES string of the molecule is CCC1CN(c2nc3c(cc2C(=N)N)CCC3)CCN1C. The van der Waals surface area contributed by atoms with Crippen molar-refractivity contribution in [3.63, 3.8) is 0 Å². The number of aromatic nitrogens is 1. The number of nitrogen functional groups attached to an aromatic ring is 1. The number of nitrogens with one attached hydrogen (secondary N) is 1. The second-order valence-corrected chi connectivity index (χ2v) is 6.22. The standard InChI is InChI=1S/C16H25N5/c1-3-12-10-21(8-7-20(12)2)16-13(15(17)18)9-11-5-4-6-14(11)19-16/h9,12H,3-8,10H2,1-2H3,(H3,17,18). The van der Waals surface area contributed by atoms with E-state index in [2.05, 4.69) is 29.8 Å². The van der Waals surface area contributed by atoms with Crippen LogP contribution < -0.4 is 10.6 Å². The Labute approximate surface area is 126 Å². The quantitative estimate of drug-likeness (QED) is 0.651. The van der Waals surface area contributed by atoms with Gasteiger partial charge in [0.25, 0.3) is 0 Å². The van der Waals surface area contributed by atoms with Crippen LogP contribution in [0.15, 0.2) is 6.07 Å².